The molecule has 0 unspecified atom stereocenters. The number of benzene rings is 4. The molecule has 0 atom stereocenters. The quantitative estimate of drug-likeness (QED) is 0.163. The molecule has 0 fully saturated rings. The van der Waals surface area contributed by atoms with Crippen LogP contribution < -0.4 is 0 Å². The number of hydrogen-bond acceptors (Lipinski definition) is 2. The van der Waals surface area contributed by atoms with Crippen LogP contribution in [-0.4, -0.2) is 18.0 Å². The minimum absolute atomic E-state index is 1.00. The Morgan fingerprint density at radius 2 is 0.667 bits per heavy atom. The molecule has 0 bridgehead atoms. The molecule has 0 aliphatic carbocycles. The zero-order valence-corrected chi connectivity index (χ0v) is 26.8. The molecule has 1 aliphatic rings. The zero-order valence-electron chi connectivity index (χ0n) is 25.8. The number of aromatic nitrogens is 2. The van der Waals surface area contributed by atoms with Gasteiger partial charge in [-0.15, -0.1) is 0 Å². The Balaban J connectivity index is 1.57. The van der Waals surface area contributed by atoms with Crippen molar-refractivity contribution in [3.05, 3.63) is 180 Å². The second kappa shape index (κ2) is 12.5. The maximum Gasteiger partial charge on any atom is 0.124 e. The molecule has 1 aliphatic heterocycles. The lowest BCUT2D eigenvalue weighted by Gasteiger charge is -2.32. The van der Waals surface area contributed by atoms with Crippen LogP contribution in [0.15, 0.2) is 158 Å². The minimum atomic E-state index is -2.43. The third-order valence-corrected chi connectivity index (χ3v) is 14.5. The van der Waals surface area contributed by atoms with Gasteiger partial charge in [-0.2, -0.15) is 0 Å². The van der Waals surface area contributed by atoms with E-state index in [0.29, 0.717) is 0 Å². The van der Waals surface area contributed by atoms with Gasteiger partial charge in [-0.25, -0.2) is 9.97 Å². The zero-order chi connectivity index (χ0) is 30.6. The number of rotatable bonds is 8. The molecule has 45 heavy (non-hydrogen) atoms. The molecule has 0 saturated carbocycles. The predicted molar refractivity (Wildman–Crippen MR) is 193 cm³/mol. The monoisotopic (exact) mass is 596 g/mol. The van der Waals surface area contributed by atoms with Crippen LogP contribution in [-0.2, 0) is 0 Å². The van der Waals surface area contributed by atoms with E-state index in [1.807, 2.05) is 0 Å². The smallest absolute Gasteiger partial charge is 0.124 e. The Labute approximate surface area is 267 Å². The van der Waals surface area contributed by atoms with Crippen LogP contribution in [0.5, 0.6) is 0 Å². The lowest BCUT2D eigenvalue weighted by Crippen LogP contribution is -2.36. The third-order valence-electron chi connectivity index (χ3n) is 9.19. The fraction of sp³-hybridized carbons (Fsp3) is 0.0952. The van der Waals surface area contributed by atoms with Gasteiger partial charge in [0.25, 0.3) is 0 Å². The van der Waals surface area contributed by atoms with Crippen LogP contribution >= 0.6 is 0 Å². The fourth-order valence-electron chi connectivity index (χ4n) is 7.03. The molecular formula is C42H36N2Si. The van der Waals surface area contributed by atoms with Crippen LogP contribution in [0, 0.1) is 0 Å². The predicted octanol–water partition coefficient (Wildman–Crippen LogP) is 10.9. The largest absolute Gasteiger partial charge is 0.249 e. The molecule has 4 aromatic carbocycles. The normalized spacial score (nSPS) is 14.2. The van der Waals surface area contributed by atoms with Gasteiger partial charge in [-0.1, -0.05) is 159 Å². The van der Waals surface area contributed by atoms with Crippen molar-refractivity contribution in [3.63, 3.8) is 0 Å². The maximum absolute atomic E-state index is 5.44. The van der Waals surface area contributed by atoms with Crippen LogP contribution in [0.2, 0.25) is 12.1 Å². The molecule has 2 nitrogen and oxygen atoms in total. The van der Waals surface area contributed by atoms with Crippen molar-refractivity contribution in [2.45, 2.75) is 25.9 Å². The summed E-state index contributed by atoms with van der Waals surface area (Å²) >= 11 is 0. The number of pyridine rings is 2. The Bertz CT molecular complexity index is 1850. The fourth-order valence-corrected chi connectivity index (χ4v) is 12.0. The highest BCUT2D eigenvalue weighted by Gasteiger charge is 2.49. The van der Waals surface area contributed by atoms with Gasteiger partial charge in [0.05, 0.1) is 22.8 Å². The van der Waals surface area contributed by atoms with Crippen LogP contribution in [0.25, 0.3) is 44.1 Å². The highest BCUT2D eigenvalue weighted by Crippen LogP contribution is 2.57. The van der Waals surface area contributed by atoms with E-state index in [4.69, 9.17) is 9.97 Å². The Morgan fingerprint density at radius 1 is 0.356 bits per heavy atom. The third kappa shape index (κ3) is 5.20. The van der Waals surface area contributed by atoms with Gasteiger partial charge in [0.15, 0.2) is 0 Å². The molecule has 3 heterocycles. The molecule has 0 radical (unpaired) electrons. The summed E-state index contributed by atoms with van der Waals surface area (Å²) < 4.78 is 0. The first-order valence-corrected chi connectivity index (χ1v) is 18.3. The van der Waals surface area contributed by atoms with E-state index < -0.39 is 8.07 Å². The van der Waals surface area contributed by atoms with E-state index in [9.17, 15) is 0 Å². The lowest BCUT2D eigenvalue weighted by atomic mass is 9.90. The van der Waals surface area contributed by atoms with Gasteiger partial charge in [0.2, 0.25) is 0 Å². The summed E-state index contributed by atoms with van der Waals surface area (Å²) in [6, 6.07) is 58.2. The van der Waals surface area contributed by atoms with E-state index in [1.165, 1.54) is 32.7 Å². The SMILES string of the molecule is CC[Si]1(CC)C(c2cccc(-c3ccccc3)n2)=C(c2ccccc2)C(c2ccccc2)=C1c1cccc(-c2ccccc2)n1. The summed E-state index contributed by atoms with van der Waals surface area (Å²) in [7, 11) is -2.43. The molecule has 0 spiro atoms. The Kier molecular flexibility index (Phi) is 7.94. The number of hydrogen-bond donors (Lipinski definition) is 0. The summed E-state index contributed by atoms with van der Waals surface area (Å²) in [6.45, 7) is 4.77. The Morgan fingerprint density at radius 3 is 1.00 bits per heavy atom. The van der Waals surface area contributed by atoms with E-state index in [1.54, 1.807) is 0 Å². The number of nitrogens with zero attached hydrogens (tertiary/aromatic N) is 2. The highest BCUT2D eigenvalue weighted by molar-refractivity contribution is 7.14. The molecule has 218 valence electrons. The molecule has 3 heteroatoms. The Hall–Kier alpha value is -5.12. The summed E-state index contributed by atoms with van der Waals surface area (Å²) in [5.74, 6) is 0. The maximum atomic E-state index is 5.44. The van der Waals surface area contributed by atoms with Crippen molar-refractivity contribution in [1.29, 1.82) is 0 Å². The van der Waals surface area contributed by atoms with Crippen molar-refractivity contribution < 1.29 is 0 Å². The standard InChI is InChI=1S/C42H36N2Si/c1-3-45(4-2)41(37-29-17-27-35(43-37)31-19-9-5-10-20-31)39(33-23-13-7-14-24-33)40(34-25-15-8-16-26-34)42(45)38-30-18-28-36(44-38)32-21-11-6-12-22-32/h5-30H,3-4H2,1-2H3. The van der Waals surface area contributed by atoms with Crippen molar-refractivity contribution in [2.75, 3.05) is 0 Å². The van der Waals surface area contributed by atoms with Crippen LogP contribution in [0.3, 0.4) is 0 Å². The van der Waals surface area contributed by atoms with Gasteiger partial charge in [0, 0.05) is 11.1 Å². The first kappa shape index (κ1) is 28.6. The molecule has 0 N–H and O–H groups in total. The van der Waals surface area contributed by atoms with Gasteiger partial charge < -0.3 is 0 Å². The number of allylic oxidation sites excluding steroid dienone is 2. The van der Waals surface area contributed by atoms with Gasteiger partial charge in [-0.3, -0.25) is 0 Å². The molecule has 6 aromatic rings. The van der Waals surface area contributed by atoms with Crippen molar-refractivity contribution in [1.82, 2.24) is 9.97 Å². The van der Waals surface area contributed by atoms with Gasteiger partial charge in [-0.05, 0) is 56.9 Å². The summed E-state index contributed by atoms with van der Waals surface area (Å²) in [6.07, 6.45) is 0. The van der Waals surface area contributed by atoms with E-state index in [2.05, 4.69) is 172 Å². The molecule has 0 amide bonds. The topological polar surface area (TPSA) is 25.8 Å². The van der Waals surface area contributed by atoms with Crippen molar-refractivity contribution in [3.8, 4) is 22.5 Å². The van der Waals surface area contributed by atoms with Crippen molar-refractivity contribution >= 4 is 29.6 Å². The van der Waals surface area contributed by atoms with Crippen molar-refractivity contribution in [2.24, 2.45) is 0 Å². The average molecular weight is 597 g/mol. The summed E-state index contributed by atoms with van der Waals surface area (Å²) in [4.78, 5) is 10.9. The van der Waals surface area contributed by atoms with E-state index in [-0.39, 0.29) is 0 Å². The summed E-state index contributed by atoms with van der Waals surface area (Å²) in [5.41, 5.74) is 11.5. The lowest BCUT2D eigenvalue weighted by molar-refractivity contribution is 1.24. The molecular weight excluding hydrogens is 561 g/mol. The van der Waals surface area contributed by atoms with Gasteiger partial charge in [0.1, 0.15) is 8.07 Å². The second-order valence-electron chi connectivity index (χ2n) is 11.6. The molecule has 2 aromatic heterocycles. The molecule has 7 rings (SSSR count). The van der Waals surface area contributed by atoms with Gasteiger partial charge >= 0.3 is 0 Å². The minimum Gasteiger partial charge on any atom is -0.249 e. The van der Waals surface area contributed by atoms with Crippen LogP contribution in [0.1, 0.15) is 36.4 Å². The first-order chi connectivity index (χ1) is 22.2. The summed E-state index contributed by atoms with van der Waals surface area (Å²) in [5, 5.41) is 2.83. The van der Waals surface area contributed by atoms with Crippen LogP contribution in [0.4, 0.5) is 0 Å². The van der Waals surface area contributed by atoms with E-state index in [0.717, 1.165) is 46.0 Å². The average Bonchev–Trinajstić information content (AvgIpc) is 3.45. The second-order valence-corrected chi connectivity index (χ2v) is 16.1. The van der Waals surface area contributed by atoms with E-state index >= 15 is 0 Å². The highest BCUT2D eigenvalue weighted by atomic mass is 28.3. The first-order valence-electron chi connectivity index (χ1n) is 15.9. The molecule has 0 saturated heterocycles.